The Morgan fingerprint density at radius 3 is 1.30 bits per heavy atom. The van der Waals surface area contributed by atoms with Gasteiger partial charge in [-0.05, 0) is 120 Å². The quantitative estimate of drug-likeness (QED) is 0.166. The standard InChI is InChI=1S/C55H37N/c1-4-15-38(16-5-1)41-27-30-44(31-28-41)56(45-22-14-21-42(35-45)39-17-6-2-7-18-39)46-32-34-53-50(37-46)48-24-11-13-26-52(48)55(53)51-25-12-10-23-47(51)49-33-29-43(36-54(49)55)40-19-8-3-9-20-40/h1-37H. The summed E-state index contributed by atoms with van der Waals surface area (Å²) >= 11 is 0. The summed E-state index contributed by atoms with van der Waals surface area (Å²) in [4.78, 5) is 2.42. The third-order valence-electron chi connectivity index (χ3n) is 11.9. The SMILES string of the molecule is c1ccc(-c2ccc(N(c3cccc(-c4ccccc4)c3)c3ccc4c(c3)-c3ccccc3C43c4ccccc4-c4ccc(-c5ccccc5)cc43)cc2)cc1. The zero-order valence-electron chi connectivity index (χ0n) is 30.8. The molecule has 262 valence electrons. The summed E-state index contributed by atoms with van der Waals surface area (Å²) in [6, 6.07) is 82.4. The Bertz CT molecular complexity index is 2890. The molecule has 9 aromatic carbocycles. The Morgan fingerprint density at radius 2 is 0.661 bits per heavy atom. The highest BCUT2D eigenvalue weighted by atomic mass is 15.1. The van der Waals surface area contributed by atoms with Gasteiger partial charge in [-0.3, -0.25) is 0 Å². The number of benzene rings is 9. The maximum atomic E-state index is 2.46. The van der Waals surface area contributed by atoms with Crippen LogP contribution in [0.4, 0.5) is 17.1 Å². The minimum atomic E-state index is -0.434. The van der Waals surface area contributed by atoms with Gasteiger partial charge in [-0.25, -0.2) is 0 Å². The molecule has 2 aliphatic carbocycles. The Kier molecular flexibility index (Phi) is 7.47. The van der Waals surface area contributed by atoms with E-state index in [4.69, 9.17) is 0 Å². The van der Waals surface area contributed by atoms with Gasteiger partial charge in [0.05, 0.1) is 5.41 Å². The van der Waals surface area contributed by atoms with Crippen molar-refractivity contribution in [2.75, 3.05) is 4.90 Å². The average molecular weight is 712 g/mol. The topological polar surface area (TPSA) is 3.24 Å². The predicted molar refractivity (Wildman–Crippen MR) is 234 cm³/mol. The molecule has 2 aliphatic rings. The molecular formula is C55H37N. The molecule has 0 bridgehead atoms. The molecule has 0 amide bonds. The fourth-order valence-corrected chi connectivity index (χ4v) is 9.42. The molecule has 0 heterocycles. The van der Waals surface area contributed by atoms with E-state index < -0.39 is 5.41 Å². The van der Waals surface area contributed by atoms with Crippen molar-refractivity contribution in [2.45, 2.75) is 5.41 Å². The van der Waals surface area contributed by atoms with Crippen molar-refractivity contribution in [1.82, 2.24) is 0 Å². The van der Waals surface area contributed by atoms with Crippen molar-refractivity contribution in [3.63, 3.8) is 0 Å². The molecule has 11 rings (SSSR count). The number of anilines is 3. The van der Waals surface area contributed by atoms with E-state index in [1.54, 1.807) is 0 Å². The minimum Gasteiger partial charge on any atom is -0.310 e. The zero-order chi connectivity index (χ0) is 37.1. The molecule has 1 heteroatoms. The van der Waals surface area contributed by atoms with Crippen LogP contribution in [0.5, 0.6) is 0 Å². The third kappa shape index (κ3) is 4.95. The summed E-state index contributed by atoms with van der Waals surface area (Å²) < 4.78 is 0. The normalized spacial score (nSPS) is 14.5. The molecule has 1 atom stereocenters. The summed E-state index contributed by atoms with van der Waals surface area (Å²) in [5, 5.41) is 0. The Balaban J connectivity index is 1.12. The summed E-state index contributed by atoms with van der Waals surface area (Å²) in [6.45, 7) is 0. The van der Waals surface area contributed by atoms with E-state index in [0.717, 1.165) is 17.1 Å². The molecule has 0 aromatic heterocycles. The summed E-state index contributed by atoms with van der Waals surface area (Å²) in [5.41, 5.74) is 20.7. The van der Waals surface area contributed by atoms with Crippen LogP contribution in [-0.4, -0.2) is 0 Å². The smallest absolute Gasteiger partial charge is 0.0725 e. The first kappa shape index (κ1) is 32.2. The van der Waals surface area contributed by atoms with Crippen LogP contribution in [0.25, 0.3) is 55.6 Å². The first-order valence-electron chi connectivity index (χ1n) is 19.4. The fraction of sp³-hybridized carbons (Fsp3) is 0.0182. The summed E-state index contributed by atoms with van der Waals surface area (Å²) in [6.07, 6.45) is 0. The van der Waals surface area contributed by atoms with Crippen molar-refractivity contribution in [1.29, 1.82) is 0 Å². The maximum Gasteiger partial charge on any atom is 0.0725 e. The number of fused-ring (bicyclic) bond motifs is 10. The average Bonchev–Trinajstić information content (AvgIpc) is 3.74. The third-order valence-corrected chi connectivity index (χ3v) is 11.9. The van der Waals surface area contributed by atoms with Crippen molar-refractivity contribution in [3.8, 4) is 55.6 Å². The van der Waals surface area contributed by atoms with Gasteiger partial charge >= 0.3 is 0 Å². The molecule has 9 aromatic rings. The van der Waals surface area contributed by atoms with Crippen molar-refractivity contribution >= 4 is 17.1 Å². The van der Waals surface area contributed by atoms with Gasteiger partial charge in [-0.1, -0.05) is 182 Å². The Morgan fingerprint density at radius 1 is 0.232 bits per heavy atom. The molecule has 0 saturated heterocycles. The van der Waals surface area contributed by atoms with Crippen LogP contribution >= 0.6 is 0 Å². The minimum absolute atomic E-state index is 0.434. The lowest BCUT2D eigenvalue weighted by atomic mass is 9.70. The van der Waals surface area contributed by atoms with E-state index in [1.807, 2.05) is 0 Å². The predicted octanol–water partition coefficient (Wildman–Crippen LogP) is 14.5. The van der Waals surface area contributed by atoms with Crippen LogP contribution < -0.4 is 4.90 Å². The first-order valence-corrected chi connectivity index (χ1v) is 19.4. The van der Waals surface area contributed by atoms with Crippen LogP contribution in [0, 0.1) is 0 Å². The van der Waals surface area contributed by atoms with Crippen LogP contribution in [0.3, 0.4) is 0 Å². The van der Waals surface area contributed by atoms with Gasteiger partial charge in [-0.2, -0.15) is 0 Å². The molecule has 0 radical (unpaired) electrons. The first-order chi connectivity index (χ1) is 27.8. The molecule has 1 spiro atoms. The van der Waals surface area contributed by atoms with E-state index >= 15 is 0 Å². The summed E-state index contributed by atoms with van der Waals surface area (Å²) in [5.74, 6) is 0. The van der Waals surface area contributed by atoms with E-state index in [0.29, 0.717) is 0 Å². The van der Waals surface area contributed by atoms with E-state index in [1.165, 1.54) is 77.9 Å². The van der Waals surface area contributed by atoms with Gasteiger partial charge in [0.25, 0.3) is 0 Å². The monoisotopic (exact) mass is 711 g/mol. The largest absolute Gasteiger partial charge is 0.310 e. The van der Waals surface area contributed by atoms with Gasteiger partial charge in [0.2, 0.25) is 0 Å². The summed E-state index contributed by atoms with van der Waals surface area (Å²) in [7, 11) is 0. The highest BCUT2D eigenvalue weighted by Crippen LogP contribution is 2.63. The molecule has 1 nitrogen and oxygen atoms in total. The Hall–Kier alpha value is -7.22. The van der Waals surface area contributed by atoms with Crippen LogP contribution in [-0.2, 0) is 5.41 Å². The van der Waals surface area contributed by atoms with E-state index in [2.05, 4.69) is 229 Å². The number of hydrogen-bond donors (Lipinski definition) is 0. The molecule has 1 unspecified atom stereocenters. The molecule has 0 aliphatic heterocycles. The van der Waals surface area contributed by atoms with E-state index in [-0.39, 0.29) is 0 Å². The van der Waals surface area contributed by atoms with Gasteiger partial charge in [0.1, 0.15) is 0 Å². The highest BCUT2D eigenvalue weighted by Gasteiger charge is 2.51. The van der Waals surface area contributed by atoms with Crippen molar-refractivity contribution < 1.29 is 0 Å². The molecular weight excluding hydrogens is 675 g/mol. The molecule has 0 fully saturated rings. The van der Waals surface area contributed by atoms with E-state index in [9.17, 15) is 0 Å². The van der Waals surface area contributed by atoms with Crippen LogP contribution in [0.15, 0.2) is 224 Å². The number of rotatable bonds is 6. The van der Waals surface area contributed by atoms with Gasteiger partial charge in [-0.15, -0.1) is 0 Å². The van der Waals surface area contributed by atoms with Crippen LogP contribution in [0.2, 0.25) is 0 Å². The second-order valence-corrected chi connectivity index (χ2v) is 14.9. The highest BCUT2D eigenvalue weighted by molar-refractivity contribution is 5.97. The Labute approximate surface area is 328 Å². The van der Waals surface area contributed by atoms with Gasteiger partial charge < -0.3 is 4.90 Å². The molecule has 0 saturated carbocycles. The van der Waals surface area contributed by atoms with Crippen LogP contribution in [0.1, 0.15) is 22.3 Å². The lowest BCUT2D eigenvalue weighted by Crippen LogP contribution is -2.26. The number of nitrogens with zero attached hydrogens (tertiary/aromatic N) is 1. The van der Waals surface area contributed by atoms with Gasteiger partial charge in [0, 0.05) is 17.1 Å². The lowest BCUT2D eigenvalue weighted by molar-refractivity contribution is 0.794. The zero-order valence-corrected chi connectivity index (χ0v) is 30.8. The lowest BCUT2D eigenvalue weighted by Gasteiger charge is -2.31. The molecule has 0 N–H and O–H groups in total. The van der Waals surface area contributed by atoms with Gasteiger partial charge in [0.15, 0.2) is 0 Å². The molecule has 56 heavy (non-hydrogen) atoms. The van der Waals surface area contributed by atoms with Crippen molar-refractivity contribution in [3.05, 3.63) is 247 Å². The number of hydrogen-bond acceptors (Lipinski definition) is 1. The van der Waals surface area contributed by atoms with Crippen molar-refractivity contribution in [2.24, 2.45) is 0 Å². The second-order valence-electron chi connectivity index (χ2n) is 14.9. The maximum absolute atomic E-state index is 2.46. The fourth-order valence-electron chi connectivity index (χ4n) is 9.42. The second kappa shape index (κ2) is 13.0.